The van der Waals surface area contributed by atoms with Crippen molar-refractivity contribution in [1.29, 1.82) is 0 Å². The van der Waals surface area contributed by atoms with Gasteiger partial charge in [0.25, 0.3) is 0 Å². The molecule has 0 aromatic carbocycles. The predicted molar refractivity (Wildman–Crippen MR) is 58.6 cm³/mol. The second-order valence-electron chi connectivity index (χ2n) is 4.27. The van der Waals surface area contributed by atoms with Gasteiger partial charge >= 0.3 is 5.97 Å². The van der Waals surface area contributed by atoms with E-state index < -0.39 is 0 Å². The van der Waals surface area contributed by atoms with Gasteiger partial charge < -0.3 is 9.47 Å². The molecule has 1 aliphatic rings. The van der Waals surface area contributed by atoms with Crippen LogP contribution in [-0.4, -0.2) is 25.3 Å². The number of unbranched alkanes of at least 4 members (excludes halogenated alkanes) is 2. The van der Waals surface area contributed by atoms with Gasteiger partial charge in [-0.15, -0.1) is 0 Å². The molecule has 0 aliphatic carbocycles. The van der Waals surface area contributed by atoms with Crippen molar-refractivity contribution in [2.45, 2.75) is 52.1 Å². The molecule has 0 aromatic heterocycles. The monoisotopic (exact) mass is 214 g/mol. The summed E-state index contributed by atoms with van der Waals surface area (Å²) in [4.78, 5) is 10.9. The first-order valence-electron chi connectivity index (χ1n) is 5.99. The number of hydrogen-bond donors (Lipinski definition) is 0. The van der Waals surface area contributed by atoms with E-state index in [1.54, 1.807) is 0 Å². The zero-order valence-corrected chi connectivity index (χ0v) is 9.83. The molecule has 88 valence electrons. The van der Waals surface area contributed by atoms with Crippen LogP contribution in [0.1, 0.15) is 46.0 Å². The summed E-state index contributed by atoms with van der Waals surface area (Å²) in [5.74, 6) is 0.247. The molecule has 15 heavy (non-hydrogen) atoms. The first-order chi connectivity index (χ1) is 7.24. The third-order valence-corrected chi connectivity index (χ3v) is 2.90. The van der Waals surface area contributed by atoms with Crippen LogP contribution in [0.25, 0.3) is 0 Å². The highest BCUT2D eigenvalue weighted by atomic mass is 16.6. The van der Waals surface area contributed by atoms with Crippen molar-refractivity contribution in [3.8, 4) is 0 Å². The Labute approximate surface area is 92.1 Å². The Hall–Kier alpha value is -0.570. The van der Waals surface area contributed by atoms with Gasteiger partial charge in [-0.1, -0.05) is 26.2 Å². The topological polar surface area (TPSA) is 35.5 Å². The zero-order valence-electron chi connectivity index (χ0n) is 9.83. The van der Waals surface area contributed by atoms with E-state index in [0.29, 0.717) is 5.92 Å². The molecule has 0 unspecified atom stereocenters. The Morgan fingerprint density at radius 3 is 2.93 bits per heavy atom. The molecule has 0 N–H and O–H groups in total. The van der Waals surface area contributed by atoms with Crippen molar-refractivity contribution >= 4 is 5.97 Å². The highest BCUT2D eigenvalue weighted by Crippen LogP contribution is 2.23. The molecule has 0 radical (unpaired) electrons. The minimum absolute atomic E-state index is 0.0908. The molecule has 0 bridgehead atoms. The summed E-state index contributed by atoms with van der Waals surface area (Å²) in [6, 6.07) is 0. The Morgan fingerprint density at radius 1 is 1.47 bits per heavy atom. The second kappa shape index (κ2) is 6.83. The summed E-state index contributed by atoms with van der Waals surface area (Å²) in [5, 5.41) is 0. The molecule has 1 heterocycles. The van der Waals surface area contributed by atoms with Crippen LogP contribution >= 0.6 is 0 Å². The fourth-order valence-electron chi connectivity index (χ4n) is 2.07. The SMILES string of the molecule is CCCCC[C@@H]1COCC[C@H]1OC(C)=O. The number of rotatable bonds is 5. The van der Waals surface area contributed by atoms with E-state index in [0.717, 1.165) is 26.1 Å². The van der Waals surface area contributed by atoms with Gasteiger partial charge in [0, 0.05) is 19.3 Å². The fourth-order valence-corrected chi connectivity index (χ4v) is 2.07. The average molecular weight is 214 g/mol. The van der Waals surface area contributed by atoms with E-state index in [2.05, 4.69) is 6.92 Å². The van der Waals surface area contributed by atoms with Crippen molar-refractivity contribution in [3.63, 3.8) is 0 Å². The van der Waals surface area contributed by atoms with Crippen molar-refractivity contribution in [2.75, 3.05) is 13.2 Å². The molecule has 0 spiro atoms. The summed E-state index contributed by atoms with van der Waals surface area (Å²) in [5.41, 5.74) is 0. The van der Waals surface area contributed by atoms with E-state index in [-0.39, 0.29) is 12.1 Å². The van der Waals surface area contributed by atoms with Gasteiger partial charge in [0.15, 0.2) is 0 Å². The number of carbonyl (C=O) groups is 1. The van der Waals surface area contributed by atoms with Crippen LogP contribution < -0.4 is 0 Å². The second-order valence-corrected chi connectivity index (χ2v) is 4.27. The van der Waals surface area contributed by atoms with E-state index in [9.17, 15) is 4.79 Å². The molecule has 1 rings (SSSR count). The van der Waals surface area contributed by atoms with Crippen molar-refractivity contribution < 1.29 is 14.3 Å². The molecular weight excluding hydrogens is 192 g/mol. The van der Waals surface area contributed by atoms with Gasteiger partial charge in [0.05, 0.1) is 13.2 Å². The van der Waals surface area contributed by atoms with Gasteiger partial charge in [0.1, 0.15) is 6.10 Å². The van der Waals surface area contributed by atoms with E-state index >= 15 is 0 Å². The summed E-state index contributed by atoms with van der Waals surface area (Å²) >= 11 is 0. The smallest absolute Gasteiger partial charge is 0.302 e. The minimum Gasteiger partial charge on any atom is -0.462 e. The average Bonchev–Trinajstić information content (AvgIpc) is 2.20. The maximum absolute atomic E-state index is 10.9. The van der Waals surface area contributed by atoms with Crippen LogP contribution in [0.2, 0.25) is 0 Å². The number of esters is 1. The van der Waals surface area contributed by atoms with Gasteiger partial charge in [-0.25, -0.2) is 0 Å². The molecule has 1 aliphatic heterocycles. The van der Waals surface area contributed by atoms with Crippen molar-refractivity contribution in [3.05, 3.63) is 0 Å². The minimum atomic E-state index is -0.164. The molecule has 3 heteroatoms. The van der Waals surface area contributed by atoms with Gasteiger partial charge in [-0.3, -0.25) is 4.79 Å². The lowest BCUT2D eigenvalue weighted by molar-refractivity contribution is -0.156. The summed E-state index contributed by atoms with van der Waals surface area (Å²) < 4.78 is 10.7. The van der Waals surface area contributed by atoms with Crippen molar-refractivity contribution in [2.24, 2.45) is 5.92 Å². The highest BCUT2D eigenvalue weighted by molar-refractivity contribution is 5.66. The summed E-state index contributed by atoms with van der Waals surface area (Å²) in [6.07, 6.45) is 5.76. The lowest BCUT2D eigenvalue weighted by Gasteiger charge is -2.30. The maximum atomic E-state index is 10.9. The Morgan fingerprint density at radius 2 is 2.27 bits per heavy atom. The Bertz CT molecular complexity index is 191. The maximum Gasteiger partial charge on any atom is 0.302 e. The summed E-state index contributed by atoms with van der Waals surface area (Å²) in [6.45, 7) is 5.16. The molecule has 2 atom stereocenters. The molecule has 1 fully saturated rings. The molecule has 3 nitrogen and oxygen atoms in total. The predicted octanol–water partition coefficient (Wildman–Crippen LogP) is 2.53. The Kier molecular flexibility index (Phi) is 5.69. The number of hydrogen-bond acceptors (Lipinski definition) is 3. The first kappa shape index (κ1) is 12.5. The zero-order chi connectivity index (χ0) is 11.1. The van der Waals surface area contributed by atoms with Crippen LogP contribution in [0.5, 0.6) is 0 Å². The van der Waals surface area contributed by atoms with Crippen LogP contribution in [0.4, 0.5) is 0 Å². The third-order valence-electron chi connectivity index (χ3n) is 2.90. The third kappa shape index (κ3) is 4.65. The lowest BCUT2D eigenvalue weighted by atomic mass is 9.92. The van der Waals surface area contributed by atoms with Gasteiger partial charge in [-0.2, -0.15) is 0 Å². The standard InChI is InChI=1S/C12H22O3/c1-3-4-5-6-11-9-14-8-7-12(11)15-10(2)13/h11-12H,3-9H2,1-2H3/t11-,12-/m1/s1. The normalized spacial score (nSPS) is 26.3. The number of carbonyl (C=O) groups excluding carboxylic acids is 1. The van der Waals surface area contributed by atoms with E-state index in [1.807, 2.05) is 0 Å². The first-order valence-corrected chi connectivity index (χ1v) is 5.99. The molecule has 0 saturated carbocycles. The fraction of sp³-hybridized carbons (Fsp3) is 0.917. The number of ether oxygens (including phenoxy) is 2. The van der Waals surface area contributed by atoms with Crippen LogP contribution in [0.15, 0.2) is 0 Å². The van der Waals surface area contributed by atoms with Crippen LogP contribution in [0.3, 0.4) is 0 Å². The summed E-state index contributed by atoms with van der Waals surface area (Å²) in [7, 11) is 0. The van der Waals surface area contributed by atoms with Crippen molar-refractivity contribution in [1.82, 2.24) is 0 Å². The molecule has 0 aromatic rings. The van der Waals surface area contributed by atoms with Crippen LogP contribution in [-0.2, 0) is 14.3 Å². The van der Waals surface area contributed by atoms with Gasteiger partial charge in [0.2, 0.25) is 0 Å². The van der Waals surface area contributed by atoms with E-state index in [1.165, 1.54) is 26.2 Å². The molecular formula is C12H22O3. The van der Waals surface area contributed by atoms with E-state index in [4.69, 9.17) is 9.47 Å². The molecule has 1 saturated heterocycles. The Balaban J connectivity index is 2.32. The largest absolute Gasteiger partial charge is 0.462 e. The lowest BCUT2D eigenvalue weighted by Crippen LogP contribution is -2.35. The quantitative estimate of drug-likeness (QED) is 0.521. The molecule has 0 amide bonds. The van der Waals surface area contributed by atoms with Crippen LogP contribution in [0, 0.1) is 5.92 Å². The van der Waals surface area contributed by atoms with Gasteiger partial charge in [-0.05, 0) is 6.42 Å². The highest BCUT2D eigenvalue weighted by Gasteiger charge is 2.27.